The van der Waals surface area contributed by atoms with Gasteiger partial charge in [-0.1, -0.05) is 12.1 Å². The first-order valence-corrected chi connectivity index (χ1v) is 4.98. The number of aliphatic hydroxyl groups is 1. The van der Waals surface area contributed by atoms with Crippen LogP contribution in [0.3, 0.4) is 0 Å². The Morgan fingerprint density at radius 3 is 2.50 bits per heavy atom. The first-order chi connectivity index (χ1) is 6.86. The van der Waals surface area contributed by atoms with Crippen LogP contribution >= 0.6 is 0 Å². The highest BCUT2D eigenvalue weighted by atomic mass is 16.5. The van der Waals surface area contributed by atoms with Gasteiger partial charge in [-0.25, -0.2) is 0 Å². The Hall–Kier alpha value is -1.02. The molecule has 0 aromatic heterocycles. The van der Waals surface area contributed by atoms with Gasteiger partial charge in [-0.15, -0.1) is 0 Å². The topological polar surface area (TPSA) is 29.5 Å². The molecule has 77 valence electrons. The molecule has 0 spiro atoms. The fourth-order valence-corrected chi connectivity index (χ4v) is 1.23. The third-order valence-corrected chi connectivity index (χ3v) is 1.96. The lowest BCUT2D eigenvalue weighted by atomic mass is 10.1. The van der Waals surface area contributed by atoms with Crippen molar-refractivity contribution in [2.24, 2.45) is 0 Å². The predicted molar refractivity (Wildman–Crippen MR) is 57.3 cm³/mol. The van der Waals surface area contributed by atoms with Gasteiger partial charge in [-0.2, -0.15) is 0 Å². The molecule has 0 fully saturated rings. The Bertz CT molecular complexity index is 214. The van der Waals surface area contributed by atoms with E-state index in [1.807, 2.05) is 24.3 Å². The van der Waals surface area contributed by atoms with Gasteiger partial charge in [-0.05, 0) is 43.9 Å². The Kier molecular flexibility index (Phi) is 5.08. The summed E-state index contributed by atoms with van der Waals surface area (Å²) in [6.07, 6.45) is 2.53. The SMILES string of the molecule is [CH2]CCOc1ccc(CCCO)cc1. The van der Waals surface area contributed by atoms with Gasteiger partial charge in [0.05, 0.1) is 6.61 Å². The molecule has 0 unspecified atom stereocenters. The molecule has 0 aliphatic heterocycles. The van der Waals surface area contributed by atoms with Crippen LogP contribution in [0.15, 0.2) is 24.3 Å². The molecule has 1 radical (unpaired) electrons. The smallest absolute Gasteiger partial charge is 0.119 e. The summed E-state index contributed by atoms with van der Waals surface area (Å²) in [5.74, 6) is 0.890. The summed E-state index contributed by atoms with van der Waals surface area (Å²) < 4.78 is 5.40. The average molecular weight is 193 g/mol. The number of ether oxygens (including phenoxy) is 1. The second-order valence-corrected chi connectivity index (χ2v) is 3.17. The van der Waals surface area contributed by atoms with Gasteiger partial charge >= 0.3 is 0 Å². The van der Waals surface area contributed by atoms with Crippen LogP contribution in [0.4, 0.5) is 0 Å². The zero-order valence-corrected chi connectivity index (χ0v) is 8.41. The minimum Gasteiger partial charge on any atom is -0.494 e. The number of rotatable bonds is 6. The summed E-state index contributed by atoms with van der Waals surface area (Å²) >= 11 is 0. The molecule has 0 atom stereocenters. The van der Waals surface area contributed by atoms with Crippen LogP contribution < -0.4 is 4.74 Å². The number of aryl methyl sites for hydroxylation is 1. The van der Waals surface area contributed by atoms with Gasteiger partial charge in [0.25, 0.3) is 0 Å². The van der Waals surface area contributed by atoms with Crippen molar-refractivity contribution in [1.29, 1.82) is 0 Å². The molecule has 0 aliphatic carbocycles. The van der Waals surface area contributed by atoms with Crippen LogP contribution in [0.2, 0.25) is 0 Å². The Morgan fingerprint density at radius 2 is 1.93 bits per heavy atom. The van der Waals surface area contributed by atoms with Gasteiger partial charge < -0.3 is 9.84 Å². The van der Waals surface area contributed by atoms with Gasteiger partial charge in [0.15, 0.2) is 0 Å². The highest BCUT2D eigenvalue weighted by molar-refractivity contribution is 5.27. The van der Waals surface area contributed by atoms with E-state index in [1.165, 1.54) is 5.56 Å². The van der Waals surface area contributed by atoms with E-state index in [9.17, 15) is 0 Å². The van der Waals surface area contributed by atoms with Gasteiger partial charge in [0.2, 0.25) is 0 Å². The van der Waals surface area contributed by atoms with E-state index >= 15 is 0 Å². The Balaban J connectivity index is 2.42. The Labute approximate surface area is 85.5 Å². The highest BCUT2D eigenvalue weighted by Crippen LogP contribution is 2.13. The van der Waals surface area contributed by atoms with Crippen molar-refractivity contribution in [2.75, 3.05) is 13.2 Å². The fourth-order valence-electron chi connectivity index (χ4n) is 1.23. The van der Waals surface area contributed by atoms with E-state index in [0.717, 1.165) is 25.0 Å². The van der Waals surface area contributed by atoms with Crippen molar-refractivity contribution in [2.45, 2.75) is 19.3 Å². The Morgan fingerprint density at radius 1 is 1.21 bits per heavy atom. The van der Waals surface area contributed by atoms with E-state index in [0.29, 0.717) is 6.61 Å². The standard InChI is InChI=1S/C12H17O2/c1-2-10-14-12-7-5-11(6-8-12)4-3-9-13/h5-8,13H,1-4,9-10H2. The summed E-state index contributed by atoms with van der Waals surface area (Å²) in [4.78, 5) is 0. The summed E-state index contributed by atoms with van der Waals surface area (Å²) in [5, 5.41) is 8.67. The normalized spacial score (nSPS) is 10.1. The van der Waals surface area contributed by atoms with Crippen molar-refractivity contribution < 1.29 is 9.84 Å². The molecular formula is C12H17O2. The molecular weight excluding hydrogens is 176 g/mol. The second kappa shape index (κ2) is 6.44. The molecule has 1 aromatic carbocycles. The third kappa shape index (κ3) is 3.79. The van der Waals surface area contributed by atoms with E-state index in [2.05, 4.69) is 6.92 Å². The van der Waals surface area contributed by atoms with Crippen molar-refractivity contribution in [3.05, 3.63) is 36.8 Å². The van der Waals surface area contributed by atoms with Crippen LogP contribution in [0.25, 0.3) is 0 Å². The first-order valence-electron chi connectivity index (χ1n) is 4.98. The monoisotopic (exact) mass is 193 g/mol. The first kappa shape index (κ1) is 11.1. The van der Waals surface area contributed by atoms with E-state index in [-0.39, 0.29) is 6.61 Å². The maximum Gasteiger partial charge on any atom is 0.119 e. The number of hydrogen-bond donors (Lipinski definition) is 1. The maximum absolute atomic E-state index is 8.67. The van der Waals surface area contributed by atoms with Gasteiger partial charge in [0.1, 0.15) is 5.75 Å². The number of benzene rings is 1. The van der Waals surface area contributed by atoms with Crippen LogP contribution in [-0.4, -0.2) is 18.3 Å². The molecule has 2 nitrogen and oxygen atoms in total. The van der Waals surface area contributed by atoms with Crippen molar-refractivity contribution in [3.63, 3.8) is 0 Å². The zero-order valence-electron chi connectivity index (χ0n) is 8.41. The molecule has 1 aromatic rings. The van der Waals surface area contributed by atoms with Crippen molar-refractivity contribution in [3.8, 4) is 5.75 Å². The molecule has 0 saturated carbocycles. The molecule has 0 saturated heterocycles. The average Bonchev–Trinajstić information content (AvgIpc) is 2.25. The van der Waals surface area contributed by atoms with Crippen LogP contribution in [0.5, 0.6) is 5.75 Å². The summed E-state index contributed by atoms with van der Waals surface area (Å²) in [6, 6.07) is 7.99. The zero-order chi connectivity index (χ0) is 10.2. The summed E-state index contributed by atoms with van der Waals surface area (Å²) in [7, 11) is 0. The lowest BCUT2D eigenvalue weighted by Gasteiger charge is -2.05. The van der Waals surface area contributed by atoms with Crippen LogP contribution in [-0.2, 0) is 6.42 Å². The fraction of sp³-hybridized carbons (Fsp3) is 0.417. The molecule has 0 bridgehead atoms. The number of hydrogen-bond acceptors (Lipinski definition) is 2. The predicted octanol–water partition coefficient (Wildman–Crippen LogP) is 2.21. The lowest BCUT2D eigenvalue weighted by Crippen LogP contribution is -1.95. The minimum absolute atomic E-state index is 0.250. The minimum atomic E-state index is 0.250. The largest absolute Gasteiger partial charge is 0.494 e. The van der Waals surface area contributed by atoms with Crippen molar-refractivity contribution >= 4 is 0 Å². The quantitative estimate of drug-likeness (QED) is 0.750. The van der Waals surface area contributed by atoms with E-state index in [4.69, 9.17) is 9.84 Å². The third-order valence-electron chi connectivity index (χ3n) is 1.96. The van der Waals surface area contributed by atoms with E-state index < -0.39 is 0 Å². The highest BCUT2D eigenvalue weighted by Gasteiger charge is 1.94. The molecule has 0 aliphatic rings. The molecule has 1 N–H and O–H groups in total. The number of aliphatic hydroxyl groups excluding tert-OH is 1. The molecule has 14 heavy (non-hydrogen) atoms. The van der Waals surface area contributed by atoms with E-state index in [1.54, 1.807) is 0 Å². The summed E-state index contributed by atoms with van der Waals surface area (Å²) in [6.45, 7) is 4.62. The molecule has 0 heterocycles. The molecule has 0 amide bonds. The second-order valence-electron chi connectivity index (χ2n) is 3.17. The van der Waals surface area contributed by atoms with Crippen molar-refractivity contribution in [1.82, 2.24) is 0 Å². The molecule has 2 heteroatoms. The van der Waals surface area contributed by atoms with Crippen LogP contribution in [0, 0.1) is 6.92 Å². The molecule has 1 rings (SSSR count). The summed E-state index contributed by atoms with van der Waals surface area (Å²) in [5.41, 5.74) is 1.24. The van der Waals surface area contributed by atoms with Gasteiger partial charge in [0, 0.05) is 6.61 Å². The lowest BCUT2D eigenvalue weighted by molar-refractivity contribution is 0.288. The van der Waals surface area contributed by atoms with Gasteiger partial charge in [-0.3, -0.25) is 0 Å². The maximum atomic E-state index is 8.67. The van der Waals surface area contributed by atoms with Crippen LogP contribution in [0.1, 0.15) is 18.4 Å².